The van der Waals surface area contributed by atoms with Crippen molar-refractivity contribution in [3.8, 4) is 11.1 Å². The second-order valence-electron chi connectivity index (χ2n) is 7.47. The topological polar surface area (TPSA) is 90.3 Å². The van der Waals surface area contributed by atoms with Crippen LogP contribution in [0.4, 0.5) is 22.9 Å². The Hall–Kier alpha value is -3.32. The Morgan fingerprint density at radius 1 is 1.14 bits per heavy atom. The maximum Gasteiger partial charge on any atom is 0.271 e. The highest BCUT2D eigenvalue weighted by Gasteiger charge is 2.14. The lowest BCUT2D eigenvalue weighted by atomic mass is 10.0. The second-order valence-corrected chi connectivity index (χ2v) is 7.47. The Kier molecular flexibility index (Phi) is 5.22. The van der Waals surface area contributed by atoms with Gasteiger partial charge in [-0.1, -0.05) is 12.1 Å². The predicted octanol–water partition coefficient (Wildman–Crippen LogP) is 2.82. The van der Waals surface area contributed by atoms with Gasteiger partial charge in [-0.25, -0.2) is 4.98 Å². The van der Waals surface area contributed by atoms with Crippen molar-refractivity contribution >= 4 is 22.9 Å². The normalized spacial score (nSPS) is 14.8. The highest BCUT2D eigenvalue weighted by Crippen LogP contribution is 2.28. The molecule has 1 aliphatic heterocycles. The molecule has 0 amide bonds. The molecule has 0 atom stereocenters. The number of hydrogen-bond acceptors (Lipinski definition) is 6. The van der Waals surface area contributed by atoms with E-state index >= 15 is 0 Å². The summed E-state index contributed by atoms with van der Waals surface area (Å²) in [6.07, 6.45) is 3.56. The van der Waals surface area contributed by atoms with Crippen LogP contribution < -0.4 is 21.5 Å². The van der Waals surface area contributed by atoms with E-state index in [-0.39, 0.29) is 5.56 Å². The summed E-state index contributed by atoms with van der Waals surface area (Å²) >= 11 is 0. The minimum atomic E-state index is -0.194. The van der Waals surface area contributed by atoms with Gasteiger partial charge in [-0.15, -0.1) is 0 Å². The molecule has 7 nitrogen and oxygen atoms in total. The number of H-pyrrole nitrogens is 1. The van der Waals surface area contributed by atoms with E-state index in [1.165, 1.54) is 0 Å². The number of nitrogens with one attached hydrogen (secondary N) is 2. The summed E-state index contributed by atoms with van der Waals surface area (Å²) in [4.78, 5) is 24.3. The zero-order valence-corrected chi connectivity index (χ0v) is 16.8. The van der Waals surface area contributed by atoms with Crippen molar-refractivity contribution < 1.29 is 0 Å². The summed E-state index contributed by atoms with van der Waals surface area (Å²) in [6.45, 7) is 6.05. The summed E-state index contributed by atoms with van der Waals surface area (Å²) in [5.74, 6) is 0.634. The SMILES string of the molecule is Cc1c(N)cccc1-c1c[nH]c(=O)c(Nc2ccc(N3CCN(C)CC3)cn2)c1. The van der Waals surface area contributed by atoms with Gasteiger partial charge in [-0.3, -0.25) is 4.79 Å². The van der Waals surface area contributed by atoms with E-state index < -0.39 is 0 Å². The number of aromatic amines is 1. The van der Waals surface area contributed by atoms with E-state index in [2.05, 4.69) is 32.1 Å². The second kappa shape index (κ2) is 7.97. The first-order valence-corrected chi connectivity index (χ1v) is 9.76. The summed E-state index contributed by atoms with van der Waals surface area (Å²) in [7, 11) is 2.14. The van der Waals surface area contributed by atoms with Crippen molar-refractivity contribution in [2.75, 3.05) is 49.2 Å². The van der Waals surface area contributed by atoms with Crippen molar-refractivity contribution in [1.82, 2.24) is 14.9 Å². The zero-order valence-electron chi connectivity index (χ0n) is 16.8. The monoisotopic (exact) mass is 390 g/mol. The first-order chi connectivity index (χ1) is 14.0. The largest absolute Gasteiger partial charge is 0.398 e. The van der Waals surface area contributed by atoms with Gasteiger partial charge in [0.15, 0.2) is 0 Å². The summed E-state index contributed by atoms with van der Waals surface area (Å²) < 4.78 is 0. The lowest BCUT2D eigenvalue weighted by Gasteiger charge is -2.33. The van der Waals surface area contributed by atoms with E-state index in [0.29, 0.717) is 11.5 Å². The van der Waals surface area contributed by atoms with Crippen LogP contribution in [-0.2, 0) is 0 Å². The number of piperazine rings is 1. The van der Waals surface area contributed by atoms with Crippen LogP contribution in [0, 0.1) is 6.92 Å². The molecule has 0 radical (unpaired) electrons. The molecule has 150 valence electrons. The van der Waals surface area contributed by atoms with E-state index in [0.717, 1.165) is 54.2 Å². The number of benzene rings is 1. The fourth-order valence-corrected chi connectivity index (χ4v) is 3.55. The highest BCUT2D eigenvalue weighted by atomic mass is 16.1. The molecular weight excluding hydrogens is 364 g/mol. The minimum Gasteiger partial charge on any atom is -0.398 e. The molecule has 4 rings (SSSR count). The van der Waals surface area contributed by atoms with Gasteiger partial charge < -0.3 is 25.8 Å². The van der Waals surface area contributed by atoms with Crippen LogP contribution in [0.25, 0.3) is 11.1 Å². The predicted molar refractivity (Wildman–Crippen MR) is 119 cm³/mol. The van der Waals surface area contributed by atoms with Crippen LogP contribution in [0.15, 0.2) is 53.6 Å². The molecular formula is C22H26N6O. The summed E-state index contributed by atoms with van der Waals surface area (Å²) in [5.41, 5.74) is 11.0. The molecule has 1 fully saturated rings. The van der Waals surface area contributed by atoms with Crippen molar-refractivity contribution in [3.05, 3.63) is 64.7 Å². The van der Waals surface area contributed by atoms with Gasteiger partial charge in [-0.05, 0) is 49.4 Å². The maximum atomic E-state index is 12.3. The van der Waals surface area contributed by atoms with Crippen molar-refractivity contribution in [3.63, 3.8) is 0 Å². The van der Waals surface area contributed by atoms with Crippen LogP contribution >= 0.6 is 0 Å². The smallest absolute Gasteiger partial charge is 0.271 e. The number of hydrogen-bond donors (Lipinski definition) is 3. The molecule has 1 aromatic carbocycles. The number of anilines is 4. The maximum absolute atomic E-state index is 12.3. The fraction of sp³-hybridized carbons (Fsp3) is 0.273. The summed E-state index contributed by atoms with van der Waals surface area (Å²) in [6, 6.07) is 11.6. The van der Waals surface area contributed by atoms with Crippen LogP contribution in [0.2, 0.25) is 0 Å². The van der Waals surface area contributed by atoms with Crippen LogP contribution in [0.1, 0.15) is 5.56 Å². The average Bonchev–Trinajstić information content (AvgIpc) is 2.73. The number of rotatable bonds is 4. The number of aromatic nitrogens is 2. The van der Waals surface area contributed by atoms with Gasteiger partial charge in [0, 0.05) is 43.6 Å². The molecule has 7 heteroatoms. The summed E-state index contributed by atoms with van der Waals surface area (Å²) in [5, 5.41) is 3.14. The Morgan fingerprint density at radius 3 is 2.66 bits per heavy atom. The average molecular weight is 390 g/mol. The standard InChI is InChI=1S/C22H26N6O/c1-15-18(4-3-5-19(15)23)16-12-20(22(29)25-13-16)26-21-7-6-17(14-24-21)28-10-8-27(2)9-11-28/h3-7,12-14H,8-11,23H2,1-2H3,(H,24,26)(H,25,29). The molecule has 3 aromatic rings. The van der Waals surface area contributed by atoms with Crippen molar-refractivity contribution in [2.45, 2.75) is 6.92 Å². The molecule has 1 aliphatic rings. The number of nitrogens with two attached hydrogens (primary N) is 1. The first-order valence-electron chi connectivity index (χ1n) is 9.76. The molecule has 4 N–H and O–H groups in total. The van der Waals surface area contributed by atoms with Gasteiger partial charge in [0.2, 0.25) is 0 Å². The number of nitrogen functional groups attached to an aromatic ring is 1. The Labute approximate surface area is 170 Å². The molecule has 3 heterocycles. The van der Waals surface area contributed by atoms with Gasteiger partial charge in [0.05, 0.1) is 11.9 Å². The molecule has 0 spiro atoms. The third-order valence-electron chi connectivity index (χ3n) is 5.47. The van der Waals surface area contributed by atoms with Gasteiger partial charge in [0.25, 0.3) is 5.56 Å². The first kappa shape index (κ1) is 19.0. The minimum absolute atomic E-state index is 0.194. The quantitative estimate of drug-likeness (QED) is 0.594. The third kappa shape index (κ3) is 4.09. The van der Waals surface area contributed by atoms with E-state index in [1.807, 2.05) is 49.5 Å². The van der Waals surface area contributed by atoms with Crippen LogP contribution in [0.3, 0.4) is 0 Å². The van der Waals surface area contributed by atoms with Crippen molar-refractivity contribution in [2.24, 2.45) is 0 Å². The Bertz CT molecular complexity index is 1050. The van der Waals surface area contributed by atoms with Gasteiger partial charge >= 0.3 is 0 Å². The highest BCUT2D eigenvalue weighted by molar-refractivity contribution is 5.75. The molecule has 1 saturated heterocycles. The molecule has 2 aromatic heterocycles. The van der Waals surface area contributed by atoms with E-state index in [4.69, 9.17) is 5.73 Å². The van der Waals surface area contributed by atoms with Crippen LogP contribution in [-0.4, -0.2) is 48.1 Å². The number of nitrogens with zero attached hydrogens (tertiary/aromatic N) is 3. The van der Waals surface area contributed by atoms with Crippen LogP contribution in [0.5, 0.6) is 0 Å². The van der Waals surface area contributed by atoms with E-state index in [1.54, 1.807) is 6.20 Å². The van der Waals surface area contributed by atoms with Gasteiger partial charge in [-0.2, -0.15) is 0 Å². The molecule has 0 aliphatic carbocycles. The number of pyridine rings is 2. The molecule has 29 heavy (non-hydrogen) atoms. The molecule has 0 saturated carbocycles. The van der Waals surface area contributed by atoms with Gasteiger partial charge in [0.1, 0.15) is 11.5 Å². The fourth-order valence-electron chi connectivity index (χ4n) is 3.55. The lowest BCUT2D eigenvalue weighted by molar-refractivity contribution is 0.313. The Morgan fingerprint density at radius 2 is 1.93 bits per heavy atom. The van der Waals surface area contributed by atoms with Crippen molar-refractivity contribution in [1.29, 1.82) is 0 Å². The molecule has 0 unspecified atom stereocenters. The number of likely N-dealkylation sites (N-methyl/N-ethyl adjacent to an activating group) is 1. The zero-order chi connectivity index (χ0) is 20.4. The third-order valence-corrected chi connectivity index (χ3v) is 5.47. The Balaban J connectivity index is 1.55. The molecule has 0 bridgehead atoms. The van der Waals surface area contributed by atoms with E-state index in [9.17, 15) is 4.79 Å². The lowest BCUT2D eigenvalue weighted by Crippen LogP contribution is -2.44.